The van der Waals surface area contributed by atoms with E-state index in [0.717, 1.165) is 18.5 Å². The summed E-state index contributed by atoms with van der Waals surface area (Å²) in [4.78, 5) is 9.20. The molecule has 1 atom stereocenters. The lowest BCUT2D eigenvalue weighted by Crippen LogP contribution is -2.51. The quantitative estimate of drug-likeness (QED) is 0.756. The van der Waals surface area contributed by atoms with E-state index in [-0.39, 0.29) is 0 Å². The molecule has 0 radical (unpaired) electrons. The first kappa shape index (κ1) is 18.2. The normalized spacial score (nSPS) is 23.5. The number of rotatable bonds is 5. The van der Waals surface area contributed by atoms with E-state index in [9.17, 15) is 0 Å². The van der Waals surface area contributed by atoms with Crippen molar-refractivity contribution in [3.8, 4) is 0 Å². The third kappa shape index (κ3) is 4.75. The molecule has 2 aliphatic heterocycles. The van der Waals surface area contributed by atoms with Crippen molar-refractivity contribution in [1.29, 1.82) is 0 Å². The van der Waals surface area contributed by atoms with Gasteiger partial charge in [-0.25, -0.2) is 0 Å². The lowest BCUT2D eigenvalue weighted by Gasteiger charge is -2.42. The van der Waals surface area contributed by atoms with Crippen molar-refractivity contribution in [3.05, 3.63) is 29.8 Å². The van der Waals surface area contributed by atoms with E-state index < -0.39 is 0 Å². The fraction of sp³-hybridized carbons (Fsp3) is 0.700. The van der Waals surface area contributed by atoms with Gasteiger partial charge in [0.2, 0.25) is 0 Å². The Balaban J connectivity index is 1.46. The molecule has 24 heavy (non-hydrogen) atoms. The molecule has 0 N–H and O–H groups in total. The topological polar surface area (TPSA) is 9.72 Å². The summed E-state index contributed by atoms with van der Waals surface area (Å²) in [6, 6.07) is 9.78. The van der Waals surface area contributed by atoms with Crippen LogP contribution in [-0.2, 0) is 6.54 Å². The van der Waals surface area contributed by atoms with E-state index in [4.69, 9.17) is 0 Å². The van der Waals surface area contributed by atoms with Crippen molar-refractivity contribution in [2.75, 3.05) is 52.6 Å². The van der Waals surface area contributed by atoms with Crippen LogP contribution in [0.1, 0.15) is 25.3 Å². The molecule has 0 aromatic heterocycles. The van der Waals surface area contributed by atoms with Crippen molar-refractivity contribution in [1.82, 2.24) is 14.7 Å². The van der Waals surface area contributed by atoms with Crippen LogP contribution in [-0.4, -0.2) is 73.3 Å². The Morgan fingerprint density at radius 3 is 2.46 bits per heavy atom. The minimum atomic E-state index is 0.751. The summed E-state index contributed by atoms with van der Waals surface area (Å²) < 4.78 is 0. The van der Waals surface area contributed by atoms with Crippen molar-refractivity contribution in [2.45, 2.75) is 37.2 Å². The van der Waals surface area contributed by atoms with Gasteiger partial charge in [-0.3, -0.25) is 9.80 Å². The number of benzene rings is 1. The number of hydrogen-bond donors (Lipinski definition) is 0. The third-order valence-electron chi connectivity index (χ3n) is 5.97. The fourth-order valence-electron chi connectivity index (χ4n) is 4.15. The predicted octanol–water partition coefficient (Wildman–Crippen LogP) is 3.26. The maximum Gasteiger partial charge on any atom is 0.0234 e. The fourth-order valence-corrected chi connectivity index (χ4v) is 4.63. The Morgan fingerprint density at radius 2 is 1.79 bits per heavy atom. The van der Waals surface area contributed by atoms with Crippen molar-refractivity contribution >= 4 is 11.8 Å². The Bertz CT molecular complexity index is 505. The molecular formula is C20H33N3S. The van der Waals surface area contributed by atoms with Crippen LogP contribution < -0.4 is 0 Å². The van der Waals surface area contributed by atoms with E-state index in [2.05, 4.69) is 59.2 Å². The molecule has 134 valence electrons. The summed E-state index contributed by atoms with van der Waals surface area (Å²) >= 11 is 1.84. The van der Waals surface area contributed by atoms with Gasteiger partial charge in [-0.2, -0.15) is 0 Å². The van der Waals surface area contributed by atoms with Gasteiger partial charge in [-0.05, 0) is 69.8 Å². The molecule has 3 rings (SSSR count). The summed E-state index contributed by atoms with van der Waals surface area (Å²) in [5.41, 5.74) is 1.47. The lowest BCUT2D eigenvalue weighted by atomic mass is 9.89. The van der Waals surface area contributed by atoms with Crippen LogP contribution in [0.5, 0.6) is 0 Å². The molecule has 2 fully saturated rings. The summed E-state index contributed by atoms with van der Waals surface area (Å²) in [7, 11) is 2.24. The predicted molar refractivity (Wildman–Crippen MR) is 105 cm³/mol. The number of thioether (sulfide) groups is 1. The smallest absolute Gasteiger partial charge is 0.0234 e. The summed E-state index contributed by atoms with van der Waals surface area (Å²) in [6.07, 6.45) is 4.87. The highest BCUT2D eigenvalue weighted by molar-refractivity contribution is 7.98. The number of piperidine rings is 1. The van der Waals surface area contributed by atoms with Gasteiger partial charge in [0.15, 0.2) is 0 Å². The van der Waals surface area contributed by atoms with Crippen LogP contribution in [0.4, 0.5) is 0 Å². The van der Waals surface area contributed by atoms with Gasteiger partial charge in [-0.1, -0.05) is 12.1 Å². The molecule has 0 bridgehead atoms. The summed E-state index contributed by atoms with van der Waals surface area (Å²) in [6.45, 7) is 11.1. The van der Waals surface area contributed by atoms with Gasteiger partial charge in [0, 0.05) is 43.7 Å². The molecule has 0 saturated carbocycles. The lowest BCUT2D eigenvalue weighted by molar-refractivity contribution is 0.0598. The standard InChI is InChI=1S/C20H33N3S/c1-17(23-13-11-21(2)12-14-23)19-7-9-22(10-8-19)16-18-5-4-6-20(15-18)24-3/h4-6,15,17,19H,7-14,16H2,1-3H3/t17-/m0/s1. The minimum Gasteiger partial charge on any atom is -0.304 e. The average molecular weight is 348 g/mol. The number of likely N-dealkylation sites (N-methyl/N-ethyl adjacent to an activating group) is 1. The van der Waals surface area contributed by atoms with E-state index in [1.165, 1.54) is 62.6 Å². The molecule has 2 saturated heterocycles. The monoisotopic (exact) mass is 347 g/mol. The Kier molecular flexibility index (Phi) is 6.62. The maximum absolute atomic E-state index is 2.72. The summed E-state index contributed by atoms with van der Waals surface area (Å²) in [5.74, 6) is 0.877. The summed E-state index contributed by atoms with van der Waals surface area (Å²) in [5, 5.41) is 0. The third-order valence-corrected chi connectivity index (χ3v) is 6.69. The van der Waals surface area contributed by atoms with Crippen molar-refractivity contribution in [3.63, 3.8) is 0 Å². The van der Waals surface area contributed by atoms with Gasteiger partial charge < -0.3 is 4.90 Å². The zero-order valence-corrected chi connectivity index (χ0v) is 16.4. The Hall–Kier alpha value is -0.550. The number of hydrogen-bond acceptors (Lipinski definition) is 4. The van der Waals surface area contributed by atoms with E-state index in [0.29, 0.717) is 0 Å². The Morgan fingerprint density at radius 1 is 1.08 bits per heavy atom. The zero-order valence-electron chi connectivity index (χ0n) is 15.6. The Labute approximate surface area is 152 Å². The van der Waals surface area contributed by atoms with Crippen LogP contribution in [0.3, 0.4) is 0 Å². The SMILES string of the molecule is CSc1cccc(CN2CCC([C@H](C)N3CCN(C)CC3)CC2)c1. The maximum atomic E-state index is 2.72. The molecule has 1 aromatic carbocycles. The highest BCUT2D eigenvalue weighted by Crippen LogP contribution is 2.26. The van der Waals surface area contributed by atoms with Crippen molar-refractivity contribution in [2.24, 2.45) is 5.92 Å². The molecule has 3 nitrogen and oxygen atoms in total. The molecule has 0 amide bonds. The van der Waals surface area contributed by atoms with Crippen LogP contribution >= 0.6 is 11.8 Å². The number of nitrogens with zero attached hydrogens (tertiary/aromatic N) is 3. The second-order valence-corrected chi connectivity index (χ2v) is 8.42. The van der Waals surface area contributed by atoms with Crippen LogP contribution in [0, 0.1) is 5.92 Å². The molecule has 1 aromatic rings. The molecular weight excluding hydrogens is 314 g/mol. The molecule has 0 spiro atoms. The van der Waals surface area contributed by atoms with Crippen LogP contribution in [0.15, 0.2) is 29.2 Å². The average Bonchev–Trinajstić information content (AvgIpc) is 2.62. The van der Waals surface area contributed by atoms with Gasteiger partial charge in [-0.15, -0.1) is 11.8 Å². The number of likely N-dealkylation sites (tertiary alicyclic amines) is 1. The minimum absolute atomic E-state index is 0.751. The molecule has 2 heterocycles. The van der Waals surface area contributed by atoms with Crippen LogP contribution in [0.25, 0.3) is 0 Å². The first-order valence-corrected chi connectivity index (χ1v) is 10.7. The van der Waals surface area contributed by atoms with E-state index in [1.807, 2.05) is 11.8 Å². The van der Waals surface area contributed by atoms with Gasteiger partial charge in [0.05, 0.1) is 0 Å². The van der Waals surface area contributed by atoms with Gasteiger partial charge >= 0.3 is 0 Å². The van der Waals surface area contributed by atoms with Crippen LogP contribution in [0.2, 0.25) is 0 Å². The zero-order chi connectivity index (χ0) is 16.9. The second-order valence-electron chi connectivity index (χ2n) is 7.54. The molecule has 0 unspecified atom stereocenters. The highest BCUT2D eigenvalue weighted by atomic mass is 32.2. The second kappa shape index (κ2) is 8.70. The molecule has 2 aliphatic rings. The van der Waals surface area contributed by atoms with E-state index >= 15 is 0 Å². The first-order valence-electron chi connectivity index (χ1n) is 9.43. The molecule has 4 heteroatoms. The number of piperazine rings is 1. The first-order chi connectivity index (χ1) is 11.7. The van der Waals surface area contributed by atoms with Crippen molar-refractivity contribution < 1.29 is 0 Å². The van der Waals surface area contributed by atoms with E-state index in [1.54, 1.807) is 0 Å². The highest BCUT2D eigenvalue weighted by Gasteiger charge is 2.29. The van der Waals surface area contributed by atoms with Gasteiger partial charge in [0.1, 0.15) is 0 Å². The largest absolute Gasteiger partial charge is 0.304 e. The van der Waals surface area contributed by atoms with Gasteiger partial charge in [0.25, 0.3) is 0 Å². The molecule has 0 aliphatic carbocycles.